The van der Waals surface area contributed by atoms with Gasteiger partial charge in [-0.3, -0.25) is 4.79 Å². The van der Waals surface area contributed by atoms with Gasteiger partial charge in [0.15, 0.2) is 11.6 Å². The molecule has 0 bridgehead atoms. The van der Waals surface area contributed by atoms with Crippen LogP contribution in [0.15, 0.2) is 24.4 Å². The Morgan fingerprint density at radius 2 is 2.22 bits per heavy atom. The molecule has 1 saturated heterocycles. The van der Waals surface area contributed by atoms with Gasteiger partial charge >= 0.3 is 0 Å². The summed E-state index contributed by atoms with van der Waals surface area (Å²) in [6.45, 7) is 2.31. The van der Waals surface area contributed by atoms with Crippen LogP contribution in [0.1, 0.15) is 19.8 Å². The molecule has 1 N–H and O–H groups in total. The number of ether oxygens (including phenoxy) is 2. The zero-order valence-corrected chi connectivity index (χ0v) is 13.1. The summed E-state index contributed by atoms with van der Waals surface area (Å²) in [4.78, 5) is 15.7. The highest BCUT2D eigenvalue weighted by atomic mass is 19.1. The second kappa shape index (κ2) is 6.40. The zero-order valence-electron chi connectivity index (χ0n) is 13.1. The number of carbonyl (C=O) groups excluding carboxylic acids is 1. The van der Waals surface area contributed by atoms with Crippen LogP contribution in [0.2, 0.25) is 0 Å². The molecule has 5 nitrogen and oxygen atoms in total. The molecule has 2 aromatic rings. The lowest BCUT2D eigenvalue weighted by Crippen LogP contribution is -2.34. The quantitative estimate of drug-likeness (QED) is 0.921. The van der Waals surface area contributed by atoms with E-state index in [-0.39, 0.29) is 36.1 Å². The monoisotopic (exact) mass is 318 g/mol. The van der Waals surface area contributed by atoms with Gasteiger partial charge in [0.25, 0.3) is 0 Å². The molecule has 0 saturated carbocycles. The molecule has 1 aromatic heterocycles. The number of aromatic nitrogens is 1. The fourth-order valence-electron chi connectivity index (χ4n) is 2.98. The average Bonchev–Trinajstić information content (AvgIpc) is 2.93. The van der Waals surface area contributed by atoms with Crippen LogP contribution >= 0.6 is 0 Å². The van der Waals surface area contributed by atoms with Crippen LogP contribution in [0.5, 0.6) is 11.6 Å². The molecule has 6 heteroatoms. The molecule has 2 heterocycles. The number of amides is 1. The second-order valence-corrected chi connectivity index (χ2v) is 5.65. The van der Waals surface area contributed by atoms with Crippen molar-refractivity contribution in [1.82, 2.24) is 10.3 Å². The molecule has 1 aliphatic heterocycles. The number of halogens is 1. The number of pyridine rings is 1. The van der Waals surface area contributed by atoms with Gasteiger partial charge in [0.1, 0.15) is 6.61 Å². The molecule has 0 unspecified atom stereocenters. The van der Waals surface area contributed by atoms with Gasteiger partial charge in [-0.25, -0.2) is 9.37 Å². The first-order chi connectivity index (χ1) is 11.1. The fraction of sp³-hybridized carbons (Fsp3) is 0.412. The van der Waals surface area contributed by atoms with Crippen molar-refractivity contribution in [2.45, 2.75) is 25.8 Å². The number of hydrogen-bond acceptors (Lipinski definition) is 4. The molecule has 122 valence electrons. The third-order valence-electron chi connectivity index (χ3n) is 4.31. The van der Waals surface area contributed by atoms with E-state index in [1.807, 2.05) is 6.92 Å². The molecule has 1 fully saturated rings. The zero-order chi connectivity index (χ0) is 16.4. The van der Waals surface area contributed by atoms with Gasteiger partial charge in [0.2, 0.25) is 11.8 Å². The normalized spacial score (nSPS) is 20.6. The Hall–Kier alpha value is -2.37. The van der Waals surface area contributed by atoms with Crippen LogP contribution < -0.4 is 14.8 Å². The highest BCUT2D eigenvalue weighted by Gasteiger charge is 2.31. The van der Waals surface area contributed by atoms with Gasteiger partial charge in [0, 0.05) is 12.6 Å². The summed E-state index contributed by atoms with van der Waals surface area (Å²) in [5.41, 5.74) is 0. The van der Waals surface area contributed by atoms with Crippen molar-refractivity contribution in [2.75, 3.05) is 13.7 Å². The maximum atomic E-state index is 14.5. The Morgan fingerprint density at radius 1 is 1.39 bits per heavy atom. The molecule has 3 rings (SSSR count). The number of rotatable bonds is 5. The van der Waals surface area contributed by atoms with Crippen molar-refractivity contribution < 1.29 is 18.7 Å². The minimum Gasteiger partial charge on any atom is -0.494 e. The Morgan fingerprint density at radius 3 is 2.96 bits per heavy atom. The minimum absolute atomic E-state index is 0.0316. The molecule has 0 aliphatic carbocycles. The maximum Gasteiger partial charge on any atom is 0.224 e. The lowest BCUT2D eigenvalue weighted by atomic mass is 9.98. The van der Waals surface area contributed by atoms with E-state index in [0.29, 0.717) is 17.2 Å². The minimum atomic E-state index is -0.490. The van der Waals surface area contributed by atoms with E-state index in [9.17, 15) is 9.18 Å². The van der Waals surface area contributed by atoms with Crippen LogP contribution in [0, 0.1) is 11.7 Å². The largest absolute Gasteiger partial charge is 0.494 e. The van der Waals surface area contributed by atoms with Crippen molar-refractivity contribution in [3.63, 3.8) is 0 Å². The van der Waals surface area contributed by atoms with E-state index in [0.717, 1.165) is 6.42 Å². The maximum absolute atomic E-state index is 14.5. The van der Waals surface area contributed by atoms with Gasteiger partial charge in [-0.05, 0) is 23.4 Å². The van der Waals surface area contributed by atoms with E-state index < -0.39 is 5.82 Å². The third-order valence-corrected chi connectivity index (χ3v) is 4.31. The summed E-state index contributed by atoms with van der Waals surface area (Å²) >= 11 is 0. The lowest BCUT2D eigenvalue weighted by molar-refractivity contribution is -0.119. The molecule has 1 aliphatic rings. The van der Waals surface area contributed by atoms with Gasteiger partial charge < -0.3 is 14.8 Å². The molecular formula is C17H19FN2O3. The highest BCUT2D eigenvalue weighted by Crippen LogP contribution is 2.32. The van der Waals surface area contributed by atoms with Crippen molar-refractivity contribution in [3.8, 4) is 11.6 Å². The standard InChI is InChI=1S/C17H19FN2O3/c1-3-10-8-14(21)20-12(10)9-23-17-15-11(6-7-19-17)4-5-13(22-2)16(15)18/h4-7,10,12H,3,8-9H2,1-2H3,(H,20,21)/t10-,12-/m1/s1. The fourth-order valence-corrected chi connectivity index (χ4v) is 2.98. The summed E-state index contributed by atoms with van der Waals surface area (Å²) in [5.74, 6) is 0.141. The van der Waals surface area contributed by atoms with Crippen LogP contribution in [0.25, 0.3) is 10.8 Å². The number of methoxy groups -OCH3 is 1. The van der Waals surface area contributed by atoms with Crippen LogP contribution in [-0.4, -0.2) is 30.6 Å². The van der Waals surface area contributed by atoms with Gasteiger partial charge in [-0.15, -0.1) is 0 Å². The van der Waals surface area contributed by atoms with Crippen LogP contribution in [0.4, 0.5) is 4.39 Å². The molecule has 1 amide bonds. The summed E-state index contributed by atoms with van der Waals surface area (Å²) in [5, 5.41) is 3.89. The predicted octanol–water partition coefficient (Wildman–Crippen LogP) is 2.68. The van der Waals surface area contributed by atoms with E-state index in [1.54, 1.807) is 24.4 Å². The summed E-state index contributed by atoms with van der Waals surface area (Å²) in [7, 11) is 1.42. The lowest BCUT2D eigenvalue weighted by Gasteiger charge is -2.18. The Balaban J connectivity index is 1.87. The van der Waals surface area contributed by atoms with Crippen molar-refractivity contribution in [3.05, 3.63) is 30.2 Å². The predicted molar refractivity (Wildman–Crippen MR) is 84.1 cm³/mol. The summed E-state index contributed by atoms with van der Waals surface area (Å²) < 4.78 is 25.3. The molecular weight excluding hydrogens is 299 g/mol. The van der Waals surface area contributed by atoms with E-state index >= 15 is 0 Å². The summed E-state index contributed by atoms with van der Waals surface area (Å²) in [6.07, 6.45) is 2.97. The van der Waals surface area contributed by atoms with Crippen molar-refractivity contribution in [2.24, 2.45) is 5.92 Å². The van der Waals surface area contributed by atoms with Crippen LogP contribution in [0.3, 0.4) is 0 Å². The first-order valence-corrected chi connectivity index (χ1v) is 7.67. The topological polar surface area (TPSA) is 60.5 Å². The molecule has 2 atom stereocenters. The van der Waals surface area contributed by atoms with Crippen LogP contribution in [-0.2, 0) is 4.79 Å². The van der Waals surface area contributed by atoms with Crippen molar-refractivity contribution >= 4 is 16.7 Å². The van der Waals surface area contributed by atoms with E-state index in [4.69, 9.17) is 9.47 Å². The Kier molecular flexibility index (Phi) is 4.32. The highest BCUT2D eigenvalue weighted by molar-refractivity contribution is 5.88. The first-order valence-electron chi connectivity index (χ1n) is 7.67. The molecule has 0 spiro atoms. The van der Waals surface area contributed by atoms with Gasteiger partial charge in [-0.1, -0.05) is 19.4 Å². The number of carbonyl (C=O) groups is 1. The SMILES string of the molecule is CC[C@@H]1CC(=O)N[C@@H]1COc1nccc2ccc(OC)c(F)c12. The molecule has 0 radical (unpaired) electrons. The van der Waals surface area contributed by atoms with E-state index in [2.05, 4.69) is 10.3 Å². The number of hydrogen-bond donors (Lipinski definition) is 1. The van der Waals surface area contributed by atoms with Gasteiger partial charge in [0.05, 0.1) is 18.5 Å². The summed E-state index contributed by atoms with van der Waals surface area (Å²) in [6, 6.07) is 4.99. The van der Waals surface area contributed by atoms with Crippen molar-refractivity contribution in [1.29, 1.82) is 0 Å². The number of benzene rings is 1. The third kappa shape index (κ3) is 2.93. The Bertz CT molecular complexity index is 735. The smallest absolute Gasteiger partial charge is 0.224 e. The second-order valence-electron chi connectivity index (χ2n) is 5.65. The van der Waals surface area contributed by atoms with E-state index in [1.165, 1.54) is 7.11 Å². The number of fused-ring (bicyclic) bond motifs is 1. The number of nitrogens with zero attached hydrogens (tertiary/aromatic N) is 1. The number of nitrogens with one attached hydrogen (secondary N) is 1. The first kappa shape index (κ1) is 15.5. The average molecular weight is 318 g/mol. The molecule has 1 aromatic carbocycles. The Labute approximate surface area is 133 Å². The van der Waals surface area contributed by atoms with Gasteiger partial charge in [-0.2, -0.15) is 0 Å². The molecule has 23 heavy (non-hydrogen) atoms.